The summed E-state index contributed by atoms with van der Waals surface area (Å²) in [5.74, 6) is -0.219. The molecule has 2 aromatic carbocycles. The molecule has 1 N–H and O–H groups in total. The van der Waals surface area contributed by atoms with Crippen LogP contribution in [0, 0.1) is 0 Å². The molecular formula is C21H19N5O. The van der Waals surface area contributed by atoms with Gasteiger partial charge in [-0.05, 0) is 34.4 Å². The maximum absolute atomic E-state index is 12.3. The van der Waals surface area contributed by atoms with Crippen molar-refractivity contribution in [2.24, 2.45) is 0 Å². The molecule has 1 amide bonds. The molecule has 4 aromatic rings. The van der Waals surface area contributed by atoms with E-state index in [0.29, 0.717) is 18.8 Å². The Morgan fingerprint density at radius 2 is 1.93 bits per heavy atom. The number of fused-ring (bicyclic) bond motifs is 1. The number of carbonyl (C=O) groups excluding carboxylic acids is 1. The van der Waals surface area contributed by atoms with Crippen LogP contribution in [0.4, 0.5) is 0 Å². The molecule has 27 heavy (non-hydrogen) atoms. The van der Waals surface area contributed by atoms with Crippen molar-refractivity contribution in [3.63, 3.8) is 0 Å². The van der Waals surface area contributed by atoms with Gasteiger partial charge in [-0.2, -0.15) is 0 Å². The zero-order chi connectivity index (χ0) is 18.5. The summed E-state index contributed by atoms with van der Waals surface area (Å²) < 4.78 is 1.69. The Morgan fingerprint density at radius 1 is 1.04 bits per heavy atom. The van der Waals surface area contributed by atoms with E-state index in [4.69, 9.17) is 0 Å². The minimum absolute atomic E-state index is 0.219. The molecule has 0 unspecified atom stereocenters. The van der Waals surface area contributed by atoms with E-state index < -0.39 is 0 Å². The van der Waals surface area contributed by atoms with Crippen molar-refractivity contribution >= 4 is 16.7 Å². The molecule has 6 heteroatoms. The van der Waals surface area contributed by atoms with Crippen molar-refractivity contribution in [1.82, 2.24) is 25.3 Å². The van der Waals surface area contributed by atoms with Crippen LogP contribution in [-0.4, -0.2) is 32.4 Å². The van der Waals surface area contributed by atoms with Crippen molar-refractivity contribution in [3.05, 3.63) is 90.0 Å². The summed E-state index contributed by atoms with van der Waals surface area (Å²) >= 11 is 0. The molecule has 0 aliphatic carbocycles. The third-order valence-corrected chi connectivity index (χ3v) is 4.41. The molecule has 0 spiro atoms. The van der Waals surface area contributed by atoms with E-state index in [0.717, 1.165) is 17.5 Å². The smallest absolute Gasteiger partial charge is 0.273 e. The monoisotopic (exact) mass is 357 g/mol. The first-order chi connectivity index (χ1) is 13.3. The Kier molecular flexibility index (Phi) is 4.87. The summed E-state index contributed by atoms with van der Waals surface area (Å²) in [7, 11) is 0. The van der Waals surface area contributed by atoms with Crippen molar-refractivity contribution in [2.75, 3.05) is 6.54 Å². The average Bonchev–Trinajstić information content (AvgIpc) is 3.18. The highest BCUT2D eigenvalue weighted by molar-refractivity contribution is 5.91. The fraction of sp³-hybridized carbons (Fsp3) is 0.143. The molecule has 0 radical (unpaired) electrons. The van der Waals surface area contributed by atoms with Crippen LogP contribution in [-0.2, 0) is 13.0 Å². The molecule has 2 aromatic heterocycles. The number of nitrogens with one attached hydrogen (secondary N) is 1. The van der Waals surface area contributed by atoms with Crippen LogP contribution in [0.3, 0.4) is 0 Å². The van der Waals surface area contributed by atoms with Gasteiger partial charge < -0.3 is 5.32 Å². The van der Waals surface area contributed by atoms with Crippen LogP contribution in [0.25, 0.3) is 10.8 Å². The minimum Gasteiger partial charge on any atom is -0.350 e. The van der Waals surface area contributed by atoms with Crippen molar-refractivity contribution in [3.8, 4) is 0 Å². The maximum atomic E-state index is 12.3. The predicted molar refractivity (Wildman–Crippen MR) is 103 cm³/mol. The number of hydrogen-bond donors (Lipinski definition) is 1. The Hall–Kier alpha value is -3.54. The molecule has 0 bridgehead atoms. The summed E-state index contributed by atoms with van der Waals surface area (Å²) in [6.07, 6.45) is 5.94. The third-order valence-electron chi connectivity index (χ3n) is 4.41. The van der Waals surface area contributed by atoms with E-state index in [1.54, 1.807) is 23.3 Å². The van der Waals surface area contributed by atoms with E-state index in [1.165, 1.54) is 10.8 Å². The molecule has 0 aliphatic heterocycles. The predicted octanol–water partition coefficient (Wildman–Crippen LogP) is 2.85. The first kappa shape index (κ1) is 16.9. The highest BCUT2D eigenvalue weighted by atomic mass is 16.2. The summed E-state index contributed by atoms with van der Waals surface area (Å²) in [5.41, 5.74) is 2.54. The summed E-state index contributed by atoms with van der Waals surface area (Å²) in [4.78, 5) is 16.3. The molecule has 0 fully saturated rings. The van der Waals surface area contributed by atoms with E-state index >= 15 is 0 Å². The molecule has 0 aliphatic rings. The number of carbonyl (C=O) groups is 1. The van der Waals surface area contributed by atoms with Gasteiger partial charge in [0.2, 0.25) is 0 Å². The number of aromatic nitrogens is 4. The fourth-order valence-electron chi connectivity index (χ4n) is 3.04. The molecule has 4 rings (SSSR count). The number of nitrogens with zero attached hydrogens (tertiary/aromatic N) is 4. The quantitative estimate of drug-likeness (QED) is 0.576. The van der Waals surface area contributed by atoms with Crippen molar-refractivity contribution in [2.45, 2.75) is 13.0 Å². The summed E-state index contributed by atoms with van der Waals surface area (Å²) in [5, 5.41) is 13.3. The van der Waals surface area contributed by atoms with Gasteiger partial charge in [0.25, 0.3) is 5.91 Å². The lowest BCUT2D eigenvalue weighted by Gasteiger charge is -2.06. The van der Waals surface area contributed by atoms with Gasteiger partial charge in [-0.1, -0.05) is 53.7 Å². The molecule has 0 atom stereocenters. The number of hydrogen-bond acceptors (Lipinski definition) is 4. The van der Waals surface area contributed by atoms with Crippen LogP contribution in [0.2, 0.25) is 0 Å². The van der Waals surface area contributed by atoms with Gasteiger partial charge in [0.15, 0.2) is 5.69 Å². The van der Waals surface area contributed by atoms with Crippen LogP contribution in [0.15, 0.2) is 73.2 Å². The van der Waals surface area contributed by atoms with E-state index in [2.05, 4.69) is 44.9 Å². The SMILES string of the molecule is O=C(NCCc1cccnc1)c1cn(Cc2cccc3ccccc23)nn1. The highest BCUT2D eigenvalue weighted by Gasteiger charge is 2.11. The van der Waals surface area contributed by atoms with Gasteiger partial charge in [-0.15, -0.1) is 5.10 Å². The van der Waals surface area contributed by atoms with Crippen LogP contribution in [0.1, 0.15) is 21.6 Å². The number of rotatable bonds is 6. The zero-order valence-corrected chi connectivity index (χ0v) is 14.7. The lowest BCUT2D eigenvalue weighted by atomic mass is 10.0. The molecule has 134 valence electrons. The minimum atomic E-state index is -0.219. The topological polar surface area (TPSA) is 72.7 Å². The molecule has 6 nitrogen and oxygen atoms in total. The van der Waals surface area contributed by atoms with Crippen LogP contribution in [0.5, 0.6) is 0 Å². The first-order valence-corrected chi connectivity index (χ1v) is 8.83. The fourth-order valence-corrected chi connectivity index (χ4v) is 3.04. The van der Waals surface area contributed by atoms with Gasteiger partial charge in [-0.3, -0.25) is 9.78 Å². The highest BCUT2D eigenvalue weighted by Crippen LogP contribution is 2.19. The lowest BCUT2D eigenvalue weighted by molar-refractivity contribution is 0.0949. The van der Waals surface area contributed by atoms with Crippen molar-refractivity contribution in [1.29, 1.82) is 0 Å². The number of amides is 1. The number of pyridine rings is 1. The van der Waals surface area contributed by atoms with Gasteiger partial charge in [0.1, 0.15) is 0 Å². The summed E-state index contributed by atoms with van der Waals surface area (Å²) in [6, 6.07) is 18.3. The van der Waals surface area contributed by atoms with E-state index in [-0.39, 0.29) is 5.91 Å². The van der Waals surface area contributed by atoms with Crippen LogP contribution >= 0.6 is 0 Å². The van der Waals surface area contributed by atoms with Crippen LogP contribution < -0.4 is 5.32 Å². The van der Waals surface area contributed by atoms with Gasteiger partial charge in [0.05, 0.1) is 12.7 Å². The number of benzene rings is 2. The second-order valence-corrected chi connectivity index (χ2v) is 6.31. The standard InChI is InChI=1S/C21H19N5O/c27-21(23-12-10-16-5-4-11-22-13-16)20-15-26(25-24-20)14-18-8-3-7-17-6-1-2-9-19(17)18/h1-9,11,13,15H,10,12,14H2,(H,23,27). The van der Waals surface area contributed by atoms with Gasteiger partial charge >= 0.3 is 0 Å². The average molecular weight is 357 g/mol. The molecule has 2 heterocycles. The summed E-state index contributed by atoms with van der Waals surface area (Å²) in [6.45, 7) is 1.10. The second kappa shape index (κ2) is 7.78. The Bertz CT molecular complexity index is 1050. The Balaban J connectivity index is 1.40. The Morgan fingerprint density at radius 3 is 2.81 bits per heavy atom. The third kappa shape index (κ3) is 4.00. The molecular weight excluding hydrogens is 338 g/mol. The van der Waals surface area contributed by atoms with E-state index in [1.807, 2.05) is 30.3 Å². The van der Waals surface area contributed by atoms with Gasteiger partial charge in [-0.25, -0.2) is 4.68 Å². The Labute approximate surface area is 156 Å². The van der Waals surface area contributed by atoms with E-state index in [9.17, 15) is 4.79 Å². The normalized spacial score (nSPS) is 10.8. The lowest BCUT2D eigenvalue weighted by Crippen LogP contribution is -2.26. The maximum Gasteiger partial charge on any atom is 0.273 e. The first-order valence-electron chi connectivity index (χ1n) is 8.83. The van der Waals surface area contributed by atoms with Gasteiger partial charge in [0, 0.05) is 18.9 Å². The second-order valence-electron chi connectivity index (χ2n) is 6.31. The molecule has 0 saturated carbocycles. The largest absolute Gasteiger partial charge is 0.350 e. The zero-order valence-electron chi connectivity index (χ0n) is 14.7. The molecule has 0 saturated heterocycles. The van der Waals surface area contributed by atoms with Crippen molar-refractivity contribution < 1.29 is 4.79 Å².